The van der Waals surface area contributed by atoms with Gasteiger partial charge < -0.3 is 10.8 Å². The summed E-state index contributed by atoms with van der Waals surface area (Å²) in [7, 11) is 0. The van der Waals surface area contributed by atoms with Gasteiger partial charge in [0.15, 0.2) is 0 Å². The van der Waals surface area contributed by atoms with Gasteiger partial charge in [-0.3, -0.25) is 9.78 Å². The highest BCUT2D eigenvalue weighted by Crippen LogP contribution is 2.27. The molecule has 4 nitrogen and oxygen atoms in total. The Labute approximate surface area is 119 Å². The summed E-state index contributed by atoms with van der Waals surface area (Å²) in [5.74, 6) is -0.986. The van der Waals surface area contributed by atoms with E-state index >= 15 is 0 Å². The second-order valence-corrected chi connectivity index (χ2v) is 4.83. The lowest BCUT2D eigenvalue weighted by atomic mass is 10.1. The molecule has 1 aromatic heterocycles. The fraction of sp³-hybridized carbons (Fsp3) is 0.0769. The molecule has 0 aliphatic carbocycles. The summed E-state index contributed by atoms with van der Waals surface area (Å²) in [6.45, 7) is 0. The molecule has 0 radical (unpaired) electrons. The van der Waals surface area contributed by atoms with Crippen molar-refractivity contribution in [3.8, 4) is 11.3 Å². The average Bonchev–Trinajstić information content (AvgIpc) is 2.30. The minimum atomic E-state index is -0.986. The van der Waals surface area contributed by atoms with E-state index in [9.17, 15) is 4.79 Å². The van der Waals surface area contributed by atoms with Crippen molar-refractivity contribution >= 4 is 34.9 Å². The summed E-state index contributed by atoms with van der Waals surface area (Å²) in [5, 5.41) is 9.78. The fourth-order valence-corrected chi connectivity index (χ4v) is 2.19. The minimum absolute atomic E-state index is 0.228. The summed E-state index contributed by atoms with van der Waals surface area (Å²) in [5.41, 5.74) is 7.66. The molecule has 0 fully saturated rings. The number of halogens is 2. The number of carboxylic acids is 1. The highest BCUT2D eigenvalue weighted by molar-refractivity contribution is 6.35. The maximum atomic E-state index is 10.7. The highest BCUT2D eigenvalue weighted by atomic mass is 35.5. The number of hydrogen-bond acceptors (Lipinski definition) is 3. The van der Waals surface area contributed by atoms with Gasteiger partial charge in [0, 0.05) is 15.6 Å². The molecule has 2 aromatic rings. The van der Waals surface area contributed by atoms with Gasteiger partial charge in [-0.25, -0.2) is 0 Å². The van der Waals surface area contributed by atoms with E-state index in [-0.39, 0.29) is 6.42 Å². The molecule has 0 amide bonds. The summed E-state index contributed by atoms with van der Waals surface area (Å²) in [6, 6.07) is 8.34. The number of nitrogen functional groups attached to an aromatic ring is 1. The van der Waals surface area contributed by atoms with E-state index in [4.69, 9.17) is 34.0 Å². The number of nitrogens with zero attached hydrogens (tertiary/aromatic N) is 1. The molecule has 0 atom stereocenters. The van der Waals surface area contributed by atoms with Gasteiger partial charge in [0.1, 0.15) is 0 Å². The number of aromatic nitrogens is 1. The third-order valence-electron chi connectivity index (χ3n) is 2.49. The molecule has 0 aliphatic rings. The lowest BCUT2D eigenvalue weighted by molar-refractivity contribution is -0.136. The Morgan fingerprint density at radius 1 is 1.21 bits per heavy atom. The van der Waals surface area contributed by atoms with Crippen molar-refractivity contribution in [1.82, 2.24) is 4.98 Å². The summed E-state index contributed by atoms with van der Waals surface area (Å²) >= 11 is 11.8. The fourth-order valence-electron chi connectivity index (χ4n) is 1.66. The average molecular weight is 297 g/mol. The number of nitrogens with two attached hydrogens (primary N) is 1. The molecule has 0 saturated carbocycles. The normalized spacial score (nSPS) is 10.4. The standard InChI is InChI=1S/C13H10Cl2N2O2/c14-8-3-7(4-9(15)5-8)11-2-1-10(16)12(17-11)6-13(18)19/h1-5H,6,16H2,(H,18,19). The molecule has 98 valence electrons. The van der Waals surface area contributed by atoms with Gasteiger partial charge in [-0.1, -0.05) is 23.2 Å². The molecule has 1 aromatic carbocycles. The van der Waals surface area contributed by atoms with E-state index in [1.54, 1.807) is 30.3 Å². The number of carbonyl (C=O) groups is 1. The lowest BCUT2D eigenvalue weighted by Crippen LogP contribution is -2.06. The number of rotatable bonds is 3. The van der Waals surface area contributed by atoms with Crippen molar-refractivity contribution in [3.63, 3.8) is 0 Å². The number of anilines is 1. The van der Waals surface area contributed by atoms with E-state index in [0.717, 1.165) is 0 Å². The van der Waals surface area contributed by atoms with Crippen LogP contribution >= 0.6 is 23.2 Å². The van der Waals surface area contributed by atoms with Gasteiger partial charge in [0.25, 0.3) is 0 Å². The zero-order valence-electron chi connectivity index (χ0n) is 9.73. The van der Waals surface area contributed by atoms with Gasteiger partial charge in [-0.05, 0) is 30.3 Å². The van der Waals surface area contributed by atoms with Gasteiger partial charge in [0.2, 0.25) is 0 Å². The Hall–Kier alpha value is -1.78. The molecule has 0 unspecified atom stereocenters. The van der Waals surface area contributed by atoms with E-state index in [1.807, 2.05) is 0 Å². The molecular formula is C13H10Cl2N2O2. The number of benzene rings is 1. The monoisotopic (exact) mass is 296 g/mol. The van der Waals surface area contributed by atoms with Crippen molar-refractivity contribution in [1.29, 1.82) is 0 Å². The molecule has 3 N–H and O–H groups in total. The van der Waals surface area contributed by atoms with Crippen LogP contribution in [0.15, 0.2) is 30.3 Å². The van der Waals surface area contributed by atoms with Crippen LogP contribution in [0.2, 0.25) is 10.0 Å². The zero-order chi connectivity index (χ0) is 14.0. The third kappa shape index (κ3) is 3.36. The molecular weight excluding hydrogens is 287 g/mol. The van der Waals surface area contributed by atoms with Crippen LogP contribution in [0.4, 0.5) is 5.69 Å². The molecule has 0 aliphatic heterocycles. The van der Waals surface area contributed by atoms with Gasteiger partial charge in [-0.15, -0.1) is 0 Å². The lowest BCUT2D eigenvalue weighted by Gasteiger charge is -2.07. The molecule has 0 spiro atoms. The first kappa shape index (κ1) is 13.6. The van der Waals surface area contributed by atoms with Crippen LogP contribution in [-0.2, 0) is 11.2 Å². The Kier molecular flexibility index (Phi) is 3.93. The maximum Gasteiger partial charge on any atom is 0.309 e. The Balaban J connectivity index is 2.47. The van der Waals surface area contributed by atoms with Crippen LogP contribution in [0.5, 0.6) is 0 Å². The summed E-state index contributed by atoms with van der Waals surface area (Å²) < 4.78 is 0. The highest BCUT2D eigenvalue weighted by Gasteiger charge is 2.09. The molecule has 0 saturated heterocycles. The number of aliphatic carboxylic acids is 1. The Morgan fingerprint density at radius 2 is 1.84 bits per heavy atom. The van der Waals surface area contributed by atoms with Gasteiger partial charge in [-0.2, -0.15) is 0 Å². The maximum absolute atomic E-state index is 10.7. The molecule has 0 bridgehead atoms. The Morgan fingerprint density at radius 3 is 2.42 bits per heavy atom. The van der Waals surface area contributed by atoms with E-state index in [2.05, 4.69) is 4.98 Å². The third-order valence-corrected chi connectivity index (χ3v) is 2.92. The van der Waals surface area contributed by atoms with Crippen LogP contribution in [0, 0.1) is 0 Å². The smallest absolute Gasteiger partial charge is 0.309 e. The topological polar surface area (TPSA) is 76.2 Å². The van der Waals surface area contributed by atoms with Crippen LogP contribution in [0.3, 0.4) is 0 Å². The molecule has 19 heavy (non-hydrogen) atoms. The quantitative estimate of drug-likeness (QED) is 0.911. The van der Waals surface area contributed by atoms with Crippen molar-refractivity contribution in [2.24, 2.45) is 0 Å². The van der Waals surface area contributed by atoms with Gasteiger partial charge >= 0.3 is 5.97 Å². The molecule has 2 rings (SSSR count). The van der Waals surface area contributed by atoms with Crippen LogP contribution < -0.4 is 5.73 Å². The molecule has 1 heterocycles. The van der Waals surface area contributed by atoms with Crippen LogP contribution in [-0.4, -0.2) is 16.1 Å². The largest absolute Gasteiger partial charge is 0.481 e. The van der Waals surface area contributed by atoms with Gasteiger partial charge in [0.05, 0.1) is 23.5 Å². The number of carboxylic acid groups (broad SMARTS) is 1. The van der Waals surface area contributed by atoms with Crippen molar-refractivity contribution in [3.05, 3.63) is 46.1 Å². The SMILES string of the molecule is Nc1ccc(-c2cc(Cl)cc(Cl)c2)nc1CC(=O)O. The second kappa shape index (κ2) is 5.47. The number of pyridine rings is 1. The van der Waals surface area contributed by atoms with E-state index in [0.29, 0.717) is 32.7 Å². The van der Waals surface area contributed by atoms with Crippen LogP contribution in [0.25, 0.3) is 11.3 Å². The second-order valence-electron chi connectivity index (χ2n) is 3.96. The van der Waals surface area contributed by atoms with Crippen molar-refractivity contribution < 1.29 is 9.90 Å². The first-order chi connectivity index (χ1) is 8.95. The minimum Gasteiger partial charge on any atom is -0.481 e. The first-order valence-electron chi connectivity index (χ1n) is 5.39. The predicted octanol–water partition coefficient (Wildman–Crippen LogP) is 3.26. The van der Waals surface area contributed by atoms with Crippen molar-refractivity contribution in [2.45, 2.75) is 6.42 Å². The van der Waals surface area contributed by atoms with E-state index in [1.165, 1.54) is 0 Å². The number of hydrogen-bond donors (Lipinski definition) is 2. The summed E-state index contributed by atoms with van der Waals surface area (Å²) in [4.78, 5) is 15.0. The first-order valence-corrected chi connectivity index (χ1v) is 6.15. The zero-order valence-corrected chi connectivity index (χ0v) is 11.2. The predicted molar refractivity (Wildman–Crippen MR) is 75.4 cm³/mol. The molecule has 6 heteroatoms. The van der Waals surface area contributed by atoms with Crippen molar-refractivity contribution in [2.75, 3.05) is 5.73 Å². The summed E-state index contributed by atoms with van der Waals surface area (Å²) in [6.07, 6.45) is -0.228. The van der Waals surface area contributed by atoms with E-state index < -0.39 is 5.97 Å². The van der Waals surface area contributed by atoms with Crippen LogP contribution in [0.1, 0.15) is 5.69 Å². The Bertz CT molecular complexity index is 624.